The molecule has 2 unspecified atom stereocenters. The van der Waals surface area contributed by atoms with Gasteiger partial charge in [-0.3, -0.25) is 9.59 Å². The highest BCUT2D eigenvalue weighted by molar-refractivity contribution is 6.07. The lowest BCUT2D eigenvalue weighted by Crippen LogP contribution is -2.39. The van der Waals surface area contributed by atoms with Crippen molar-refractivity contribution in [3.05, 3.63) is 71.8 Å². The predicted molar refractivity (Wildman–Crippen MR) is 73.6 cm³/mol. The third kappa shape index (κ3) is 2.99. The van der Waals surface area contributed by atoms with E-state index in [1.165, 1.54) is 24.3 Å². The van der Waals surface area contributed by atoms with Crippen LogP contribution in [-0.2, 0) is 0 Å². The zero-order chi connectivity index (χ0) is 14.5. The second-order valence-electron chi connectivity index (χ2n) is 4.35. The van der Waals surface area contributed by atoms with Gasteiger partial charge in [0.2, 0.25) is 0 Å². The van der Waals surface area contributed by atoms with E-state index in [0.29, 0.717) is 0 Å². The molecule has 2 aromatic carbocycles. The smallest absolute Gasteiger partial charge is 0.194 e. The summed E-state index contributed by atoms with van der Waals surface area (Å²) in [6.07, 6.45) is -3.55. The highest BCUT2D eigenvalue weighted by atomic mass is 16.3. The Labute approximate surface area is 116 Å². The standard InChI is InChI=1S/C16H14O4/c17-13(11-7-3-1-4-8-11)15(19)16(20)14(18)12-9-5-2-6-10-12/h1-10,15-16,19-20H. The normalized spacial score (nSPS) is 13.5. The summed E-state index contributed by atoms with van der Waals surface area (Å²) >= 11 is 0. The fourth-order valence-corrected chi connectivity index (χ4v) is 1.83. The molecule has 4 nitrogen and oxygen atoms in total. The molecule has 0 aliphatic carbocycles. The quantitative estimate of drug-likeness (QED) is 0.807. The first kappa shape index (κ1) is 14.1. The Morgan fingerprint density at radius 1 is 0.650 bits per heavy atom. The van der Waals surface area contributed by atoms with Crippen LogP contribution in [-0.4, -0.2) is 34.0 Å². The summed E-state index contributed by atoms with van der Waals surface area (Å²) in [5.74, 6) is -1.36. The largest absolute Gasteiger partial charge is 0.382 e. The van der Waals surface area contributed by atoms with Gasteiger partial charge in [0.05, 0.1) is 0 Å². The van der Waals surface area contributed by atoms with Crippen LogP contribution in [0.5, 0.6) is 0 Å². The number of hydrogen-bond acceptors (Lipinski definition) is 4. The van der Waals surface area contributed by atoms with Crippen molar-refractivity contribution in [1.29, 1.82) is 0 Å². The van der Waals surface area contributed by atoms with Crippen LogP contribution < -0.4 is 0 Å². The van der Waals surface area contributed by atoms with Crippen molar-refractivity contribution in [2.75, 3.05) is 0 Å². The molecule has 0 saturated carbocycles. The molecule has 0 aliphatic heterocycles. The van der Waals surface area contributed by atoms with Crippen LogP contribution in [0.1, 0.15) is 20.7 Å². The molecule has 0 radical (unpaired) electrons. The minimum Gasteiger partial charge on any atom is -0.382 e. The van der Waals surface area contributed by atoms with Crippen molar-refractivity contribution < 1.29 is 19.8 Å². The third-order valence-corrected chi connectivity index (χ3v) is 2.95. The minimum atomic E-state index is -1.77. The van der Waals surface area contributed by atoms with Gasteiger partial charge in [-0.05, 0) is 0 Å². The summed E-state index contributed by atoms with van der Waals surface area (Å²) in [4.78, 5) is 23.9. The summed E-state index contributed by atoms with van der Waals surface area (Å²) in [5, 5.41) is 19.7. The molecule has 0 saturated heterocycles. The van der Waals surface area contributed by atoms with Gasteiger partial charge in [-0.25, -0.2) is 0 Å². The van der Waals surface area contributed by atoms with Gasteiger partial charge in [0, 0.05) is 11.1 Å². The molecule has 2 atom stereocenters. The fraction of sp³-hybridized carbons (Fsp3) is 0.125. The topological polar surface area (TPSA) is 74.6 Å². The predicted octanol–water partition coefficient (Wildman–Crippen LogP) is 1.47. The second kappa shape index (κ2) is 6.23. The van der Waals surface area contributed by atoms with Gasteiger partial charge in [-0.1, -0.05) is 60.7 Å². The summed E-state index contributed by atoms with van der Waals surface area (Å²) in [5.41, 5.74) is 0.500. The van der Waals surface area contributed by atoms with Crippen molar-refractivity contribution in [3.8, 4) is 0 Å². The molecule has 20 heavy (non-hydrogen) atoms. The summed E-state index contributed by atoms with van der Waals surface area (Å²) < 4.78 is 0. The van der Waals surface area contributed by atoms with E-state index in [1.807, 2.05) is 0 Å². The maximum Gasteiger partial charge on any atom is 0.194 e. The Balaban J connectivity index is 2.15. The molecule has 2 aromatic rings. The first-order valence-electron chi connectivity index (χ1n) is 6.16. The van der Waals surface area contributed by atoms with Gasteiger partial charge in [-0.15, -0.1) is 0 Å². The maximum atomic E-state index is 12.0. The Morgan fingerprint density at radius 3 is 1.25 bits per heavy atom. The van der Waals surface area contributed by atoms with Crippen LogP contribution in [0.3, 0.4) is 0 Å². The monoisotopic (exact) mass is 270 g/mol. The lowest BCUT2D eigenvalue weighted by molar-refractivity contribution is 0.0216. The number of ketones is 2. The molecule has 0 heterocycles. The number of carbonyl (C=O) groups excluding carboxylic acids is 2. The lowest BCUT2D eigenvalue weighted by Gasteiger charge is -2.15. The molecule has 102 valence electrons. The Kier molecular flexibility index (Phi) is 4.40. The third-order valence-electron chi connectivity index (χ3n) is 2.95. The van der Waals surface area contributed by atoms with Gasteiger partial charge in [0.15, 0.2) is 23.8 Å². The van der Waals surface area contributed by atoms with Crippen LogP contribution in [0.15, 0.2) is 60.7 Å². The van der Waals surface area contributed by atoms with Gasteiger partial charge < -0.3 is 10.2 Å². The van der Waals surface area contributed by atoms with Crippen molar-refractivity contribution in [1.82, 2.24) is 0 Å². The van der Waals surface area contributed by atoms with E-state index >= 15 is 0 Å². The summed E-state index contributed by atoms with van der Waals surface area (Å²) in [6, 6.07) is 16.1. The lowest BCUT2D eigenvalue weighted by atomic mass is 9.96. The minimum absolute atomic E-state index is 0.250. The van der Waals surface area contributed by atoms with Gasteiger partial charge in [-0.2, -0.15) is 0 Å². The molecule has 0 bridgehead atoms. The maximum absolute atomic E-state index is 12.0. The van der Waals surface area contributed by atoms with Crippen molar-refractivity contribution >= 4 is 11.6 Å². The molecule has 0 fully saturated rings. The van der Waals surface area contributed by atoms with Gasteiger partial charge >= 0.3 is 0 Å². The number of rotatable bonds is 5. The number of aliphatic hydroxyl groups is 2. The molecule has 0 spiro atoms. The Morgan fingerprint density at radius 2 is 0.950 bits per heavy atom. The highest BCUT2D eigenvalue weighted by Crippen LogP contribution is 2.11. The van der Waals surface area contributed by atoms with Crippen molar-refractivity contribution in [3.63, 3.8) is 0 Å². The highest BCUT2D eigenvalue weighted by Gasteiger charge is 2.31. The number of hydrogen-bond donors (Lipinski definition) is 2. The molecule has 0 aromatic heterocycles. The van der Waals surface area contributed by atoms with Crippen molar-refractivity contribution in [2.45, 2.75) is 12.2 Å². The van der Waals surface area contributed by atoms with E-state index in [-0.39, 0.29) is 11.1 Å². The van der Waals surface area contributed by atoms with E-state index in [2.05, 4.69) is 0 Å². The van der Waals surface area contributed by atoms with E-state index in [0.717, 1.165) is 0 Å². The van der Waals surface area contributed by atoms with Crippen LogP contribution in [0.25, 0.3) is 0 Å². The molecule has 2 rings (SSSR count). The molecule has 2 N–H and O–H groups in total. The fourth-order valence-electron chi connectivity index (χ4n) is 1.83. The molecule has 0 amide bonds. The second-order valence-corrected chi connectivity index (χ2v) is 4.35. The van der Waals surface area contributed by atoms with E-state index in [4.69, 9.17) is 0 Å². The average Bonchev–Trinajstić information content (AvgIpc) is 2.53. The summed E-state index contributed by atoms with van der Waals surface area (Å²) in [6.45, 7) is 0. The van der Waals surface area contributed by atoms with Gasteiger partial charge in [0.1, 0.15) is 0 Å². The summed E-state index contributed by atoms with van der Waals surface area (Å²) in [7, 11) is 0. The molecule has 0 aliphatic rings. The van der Waals surface area contributed by atoms with E-state index < -0.39 is 23.8 Å². The zero-order valence-corrected chi connectivity index (χ0v) is 10.6. The van der Waals surface area contributed by atoms with Gasteiger partial charge in [0.25, 0.3) is 0 Å². The first-order chi connectivity index (χ1) is 9.61. The van der Waals surface area contributed by atoms with E-state index in [9.17, 15) is 19.8 Å². The van der Waals surface area contributed by atoms with Crippen LogP contribution in [0.4, 0.5) is 0 Å². The van der Waals surface area contributed by atoms with Crippen molar-refractivity contribution in [2.24, 2.45) is 0 Å². The Bertz CT molecular complexity index is 537. The first-order valence-corrected chi connectivity index (χ1v) is 6.16. The number of aliphatic hydroxyl groups excluding tert-OH is 2. The van der Waals surface area contributed by atoms with Crippen LogP contribution >= 0.6 is 0 Å². The molecule has 4 heteroatoms. The number of benzene rings is 2. The SMILES string of the molecule is O=C(c1ccccc1)C(O)C(O)C(=O)c1ccccc1. The van der Waals surface area contributed by atoms with E-state index in [1.54, 1.807) is 36.4 Å². The number of carbonyl (C=O) groups is 2. The average molecular weight is 270 g/mol. The molecular formula is C16H14O4. The van der Waals surface area contributed by atoms with Crippen LogP contribution in [0, 0.1) is 0 Å². The number of Topliss-reactive ketones (excluding diaryl/α,β-unsaturated/α-hetero) is 2. The zero-order valence-electron chi connectivity index (χ0n) is 10.6. The Hall–Kier alpha value is -2.30. The molecular weight excluding hydrogens is 256 g/mol. The van der Waals surface area contributed by atoms with Crippen LogP contribution in [0.2, 0.25) is 0 Å².